The van der Waals surface area contributed by atoms with Gasteiger partial charge in [0.05, 0.1) is 13.2 Å². The maximum atomic E-state index is 12.1. The number of piperidine rings is 1. The van der Waals surface area contributed by atoms with Gasteiger partial charge in [0, 0.05) is 37.7 Å². The van der Waals surface area contributed by atoms with Gasteiger partial charge < -0.3 is 19.7 Å². The van der Waals surface area contributed by atoms with Crippen LogP contribution in [0.2, 0.25) is 5.02 Å². The quantitative estimate of drug-likeness (QED) is 0.664. The molecule has 0 aliphatic carbocycles. The summed E-state index contributed by atoms with van der Waals surface area (Å²) in [6, 6.07) is 7.68. The molecular formula is C19H27ClN2O4. The van der Waals surface area contributed by atoms with E-state index in [1.54, 1.807) is 12.0 Å². The Kier molecular flexibility index (Phi) is 8.88. The summed E-state index contributed by atoms with van der Waals surface area (Å²) < 4.78 is 10.1. The van der Waals surface area contributed by atoms with E-state index in [9.17, 15) is 9.59 Å². The van der Waals surface area contributed by atoms with Crippen LogP contribution in [0.1, 0.15) is 24.8 Å². The van der Waals surface area contributed by atoms with Gasteiger partial charge in [-0.05, 0) is 37.0 Å². The second-order valence-corrected chi connectivity index (χ2v) is 6.83. The number of nitrogens with zero attached hydrogens (tertiary/aromatic N) is 1. The van der Waals surface area contributed by atoms with Crippen LogP contribution in [-0.2, 0) is 25.5 Å². The number of aryl methyl sites for hydroxylation is 1. The molecule has 6 nitrogen and oxygen atoms in total. The number of ether oxygens (including phenoxy) is 2. The molecule has 1 N–H and O–H groups in total. The van der Waals surface area contributed by atoms with Crippen LogP contribution in [0, 0.1) is 0 Å². The molecule has 1 aromatic rings. The molecule has 144 valence electrons. The van der Waals surface area contributed by atoms with Crippen LogP contribution in [0.15, 0.2) is 24.3 Å². The minimum Gasteiger partial charge on any atom is -0.382 e. The Bertz CT molecular complexity index is 571. The summed E-state index contributed by atoms with van der Waals surface area (Å²) in [6.45, 7) is 2.28. The highest BCUT2D eigenvalue weighted by Crippen LogP contribution is 2.13. The third-order valence-corrected chi connectivity index (χ3v) is 4.68. The molecule has 2 rings (SSSR count). The largest absolute Gasteiger partial charge is 0.382 e. The van der Waals surface area contributed by atoms with Gasteiger partial charge in [0.25, 0.3) is 0 Å². The zero-order valence-corrected chi connectivity index (χ0v) is 16.0. The SMILES string of the molecule is COCCOCC(=O)N1CCC(NC(=O)CCc2ccc(Cl)cc2)CC1. The Labute approximate surface area is 159 Å². The highest BCUT2D eigenvalue weighted by molar-refractivity contribution is 6.30. The van der Waals surface area contributed by atoms with E-state index in [-0.39, 0.29) is 24.5 Å². The third-order valence-electron chi connectivity index (χ3n) is 4.42. The molecule has 7 heteroatoms. The van der Waals surface area contributed by atoms with Crippen molar-refractivity contribution < 1.29 is 19.1 Å². The first kappa shape index (κ1) is 20.7. The first-order valence-electron chi connectivity index (χ1n) is 8.96. The van der Waals surface area contributed by atoms with Gasteiger partial charge in [-0.2, -0.15) is 0 Å². The molecule has 1 aromatic carbocycles. The van der Waals surface area contributed by atoms with E-state index in [0.717, 1.165) is 18.4 Å². The number of hydrogen-bond donors (Lipinski definition) is 1. The van der Waals surface area contributed by atoms with E-state index in [1.165, 1.54) is 0 Å². The van der Waals surface area contributed by atoms with Crippen molar-refractivity contribution in [2.24, 2.45) is 0 Å². The summed E-state index contributed by atoms with van der Waals surface area (Å²) >= 11 is 5.86. The van der Waals surface area contributed by atoms with Gasteiger partial charge in [0.15, 0.2) is 0 Å². The first-order valence-corrected chi connectivity index (χ1v) is 9.34. The average molecular weight is 383 g/mol. The van der Waals surface area contributed by atoms with Crippen molar-refractivity contribution in [3.05, 3.63) is 34.9 Å². The van der Waals surface area contributed by atoms with Gasteiger partial charge in [0.2, 0.25) is 11.8 Å². The van der Waals surface area contributed by atoms with Crippen LogP contribution >= 0.6 is 11.6 Å². The molecule has 1 aliphatic heterocycles. The third kappa shape index (κ3) is 7.32. The maximum Gasteiger partial charge on any atom is 0.248 e. The predicted molar refractivity (Wildman–Crippen MR) is 100 cm³/mol. The van der Waals surface area contributed by atoms with E-state index in [0.29, 0.717) is 44.2 Å². The fourth-order valence-corrected chi connectivity index (χ4v) is 3.00. The summed E-state index contributed by atoms with van der Waals surface area (Å²) in [6.07, 6.45) is 2.69. The minimum atomic E-state index is -0.00591. The summed E-state index contributed by atoms with van der Waals surface area (Å²) in [5, 5.41) is 3.77. The zero-order chi connectivity index (χ0) is 18.8. The standard InChI is InChI=1S/C19H27ClN2O4/c1-25-12-13-26-14-19(24)22-10-8-17(9-11-22)21-18(23)7-4-15-2-5-16(20)6-3-15/h2-3,5-6,17H,4,7-14H2,1H3,(H,21,23). The van der Waals surface area contributed by atoms with Gasteiger partial charge in [0.1, 0.15) is 6.61 Å². The van der Waals surface area contributed by atoms with Crippen molar-refractivity contribution in [3.8, 4) is 0 Å². The van der Waals surface area contributed by atoms with Crippen molar-refractivity contribution in [2.75, 3.05) is 40.0 Å². The molecule has 0 aromatic heterocycles. The van der Waals surface area contributed by atoms with Crippen molar-refractivity contribution >= 4 is 23.4 Å². The molecule has 0 radical (unpaired) electrons. The zero-order valence-electron chi connectivity index (χ0n) is 15.2. The van der Waals surface area contributed by atoms with Gasteiger partial charge in [-0.25, -0.2) is 0 Å². The topological polar surface area (TPSA) is 67.9 Å². The fraction of sp³-hybridized carbons (Fsp3) is 0.579. The Morgan fingerprint density at radius 1 is 1.19 bits per heavy atom. The van der Waals surface area contributed by atoms with Crippen molar-refractivity contribution in [3.63, 3.8) is 0 Å². The highest BCUT2D eigenvalue weighted by atomic mass is 35.5. The summed E-state index contributed by atoms with van der Waals surface area (Å²) in [5.41, 5.74) is 1.10. The van der Waals surface area contributed by atoms with Crippen LogP contribution in [0.5, 0.6) is 0 Å². The molecule has 0 saturated carbocycles. The Hall–Kier alpha value is -1.63. The summed E-state index contributed by atoms with van der Waals surface area (Å²) in [7, 11) is 1.60. The number of nitrogens with one attached hydrogen (secondary N) is 1. The number of carbonyl (C=O) groups excluding carboxylic acids is 2. The predicted octanol–water partition coefficient (Wildman–Crippen LogP) is 2.04. The molecule has 0 spiro atoms. The number of methoxy groups -OCH3 is 1. The van der Waals surface area contributed by atoms with Crippen molar-refractivity contribution in [1.29, 1.82) is 0 Å². The average Bonchev–Trinajstić information content (AvgIpc) is 2.65. The maximum absolute atomic E-state index is 12.1. The molecule has 1 heterocycles. The van der Waals surface area contributed by atoms with Crippen LogP contribution in [0.3, 0.4) is 0 Å². The molecule has 0 atom stereocenters. The second kappa shape index (κ2) is 11.2. The lowest BCUT2D eigenvalue weighted by molar-refractivity contribution is -0.137. The minimum absolute atomic E-state index is 0.00591. The molecule has 1 aliphatic rings. The van der Waals surface area contributed by atoms with Crippen LogP contribution in [0.4, 0.5) is 0 Å². The smallest absolute Gasteiger partial charge is 0.248 e. The Morgan fingerprint density at radius 3 is 2.54 bits per heavy atom. The number of halogens is 1. The monoisotopic (exact) mass is 382 g/mol. The van der Waals surface area contributed by atoms with Gasteiger partial charge >= 0.3 is 0 Å². The molecule has 26 heavy (non-hydrogen) atoms. The highest BCUT2D eigenvalue weighted by Gasteiger charge is 2.23. The Balaban J connectivity index is 1.62. The molecule has 2 amide bonds. The van der Waals surface area contributed by atoms with Crippen LogP contribution in [0.25, 0.3) is 0 Å². The number of rotatable bonds is 9. The van der Waals surface area contributed by atoms with Crippen LogP contribution in [-0.4, -0.2) is 62.8 Å². The van der Waals surface area contributed by atoms with Gasteiger partial charge in [-0.15, -0.1) is 0 Å². The van der Waals surface area contributed by atoms with Crippen molar-refractivity contribution in [2.45, 2.75) is 31.7 Å². The molecule has 1 saturated heterocycles. The van der Waals surface area contributed by atoms with Crippen LogP contribution < -0.4 is 5.32 Å². The Morgan fingerprint density at radius 2 is 1.88 bits per heavy atom. The summed E-state index contributed by atoms with van der Waals surface area (Å²) in [5.74, 6) is 0.0428. The second-order valence-electron chi connectivity index (χ2n) is 6.39. The van der Waals surface area contributed by atoms with E-state index in [4.69, 9.17) is 21.1 Å². The van der Waals surface area contributed by atoms with E-state index < -0.39 is 0 Å². The number of amides is 2. The lowest BCUT2D eigenvalue weighted by atomic mass is 10.0. The van der Waals surface area contributed by atoms with Crippen molar-refractivity contribution in [1.82, 2.24) is 10.2 Å². The molecule has 0 unspecified atom stereocenters. The molecular weight excluding hydrogens is 356 g/mol. The lowest BCUT2D eigenvalue weighted by Gasteiger charge is -2.32. The lowest BCUT2D eigenvalue weighted by Crippen LogP contribution is -2.47. The van der Waals surface area contributed by atoms with E-state index >= 15 is 0 Å². The van der Waals surface area contributed by atoms with E-state index in [2.05, 4.69) is 5.32 Å². The first-order chi connectivity index (χ1) is 12.6. The normalized spacial score (nSPS) is 15.1. The number of hydrogen-bond acceptors (Lipinski definition) is 4. The van der Waals surface area contributed by atoms with Gasteiger partial charge in [-0.1, -0.05) is 23.7 Å². The van der Waals surface area contributed by atoms with E-state index in [1.807, 2.05) is 24.3 Å². The number of carbonyl (C=O) groups is 2. The fourth-order valence-electron chi connectivity index (χ4n) is 2.88. The number of likely N-dealkylation sites (tertiary alicyclic amines) is 1. The molecule has 0 bridgehead atoms. The van der Waals surface area contributed by atoms with Gasteiger partial charge in [-0.3, -0.25) is 9.59 Å². The number of benzene rings is 1. The summed E-state index contributed by atoms with van der Waals surface area (Å²) in [4.78, 5) is 26.0. The molecule has 1 fully saturated rings.